The number of nitrogens with two attached hydrogens (primary N) is 1. The van der Waals surface area contributed by atoms with Crippen LogP contribution in [0.25, 0.3) is 0 Å². The van der Waals surface area contributed by atoms with Crippen molar-refractivity contribution in [1.29, 1.82) is 0 Å². The van der Waals surface area contributed by atoms with Crippen molar-refractivity contribution in [3.8, 4) is 0 Å². The number of rotatable bonds is 3. The highest BCUT2D eigenvalue weighted by Crippen LogP contribution is 2.12. The lowest BCUT2D eigenvalue weighted by atomic mass is 10.2. The summed E-state index contributed by atoms with van der Waals surface area (Å²) in [7, 11) is 3.32. The van der Waals surface area contributed by atoms with Crippen LogP contribution in [0.3, 0.4) is 0 Å². The van der Waals surface area contributed by atoms with Crippen LogP contribution in [0.2, 0.25) is 0 Å². The first kappa shape index (κ1) is 13.5. The van der Waals surface area contributed by atoms with Crippen LogP contribution in [0.4, 0.5) is 11.6 Å². The number of H-pyrrole nitrogens is 1. The lowest BCUT2D eigenvalue weighted by Gasteiger charge is -2.11. The molecule has 0 spiro atoms. The highest BCUT2D eigenvalue weighted by molar-refractivity contribution is 6.02. The zero-order valence-electron chi connectivity index (χ0n) is 11.0. The van der Waals surface area contributed by atoms with Crippen molar-refractivity contribution in [3.63, 3.8) is 0 Å². The van der Waals surface area contributed by atoms with E-state index in [1.54, 1.807) is 38.4 Å². The Kier molecular flexibility index (Phi) is 3.65. The van der Waals surface area contributed by atoms with Gasteiger partial charge in [-0.2, -0.15) is 4.98 Å². The zero-order chi connectivity index (χ0) is 14.7. The van der Waals surface area contributed by atoms with E-state index in [0.717, 1.165) is 0 Å². The second-order valence-electron chi connectivity index (χ2n) is 4.28. The number of benzene rings is 1. The second-order valence-corrected chi connectivity index (χ2v) is 4.28. The maximum Gasteiger partial charge on any atom is 0.293 e. The molecule has 1 aromatic carbocycles. The van der Waals surface area contributed by atoms with Crippen LogP contribution in [0.15, 0.2) is 24.3 Å². The first-order valence-corrected chi connectivity index (χ1v) is 5.78. The molecule has 0 saturated heterocycles. The molecular formula is C12H14N6O2. The Morgan fingerprint density at radius 1 is 1.35 bits per heavy atom. The molecule has 0 bridgehead atoms. The molecule has 8 nitrogen and oxygen atoms in total. The Bertz CT molecular complexity index is 649. The highest BCUT2D eigenvalue weighted by Gasteiger charge is 2.13. The molecule has 0 aliphatic heterocycles. The SMILES string of the molecule is CN(C)C(=O)c1cccc(NC(=O)c2nc(N)n[nH]2)c1. The summed E-state index contributed by atoms with van der Waals surface area (Å²) < 4.78 is 0. The maximum absolute atomic E-state index is 11.8. The van der Waals surface area contributed by atoms with Gasteiger partial charge in [0.25, 0.3) is 11.8 Å². The number of hydrogen-bond acceptors (Lipinski definition) is 5. The number of nitrogens with zero attached hydrogens (tertiary/aromatic N) is 3. The van der Waals surface area contributed by atoms with Crippen LogP contribution >= 0.6 is 0 Å². The number of aromatic amines is 1. The predicted octanol–water partition coefficient (Wildman–Crippen LogP) is 0.341. The summed E-state index contributed by atoms with van der Waals surface area (Å²) in [5.41, 5.74) is 6.28. The van der Waals surface area contributed by atoms with Crippen molar-refractivity contribution in [1.82, 2.24) is 20.1 Å². The standard InChI is InChI=1S/C12H14N6O2/c1-18(2)11(20)7-4-3-5-8(6-7)14-10(19)9-15-12(13)17-16-9/h3-6H,1-2H3,(H,14,19)(H3,13,15,16,17). The average Bonchev–Trinajstić information content (AvgIpc) is 2.85. The van der Waals surface area contributed by atoms with E-state index in [0.29, 0.717) is 11.3 Å². The van der Waals surface area contributed by atoms with Crippen LogP contribution in [0, 0.1) is 0 Å². The van der Waals surface area contributed by atoms with E-state index < -0.39 is 5.91 Å². The van der Waals surface area contributed by atoms with Crippen LogP contribution in [-0.4, -0.2) is 46.0 Å². The molecule has 8 heteroatoms. The van der Waals surface area contributed by atoms with E-state index in [4.69, 9.17) is 5.73 Å². The molecule has 2 aromatic rings. The predicted molar refractivity (Wildman–Crippen MR) is 73.2 cm³/mol. The molecule has 0 aliphatic rings. The van der Waals surface area contributed by atoms with Crippen LogP contribution < -0.4 is 11.1 Å². The monoisotopic (exact) mass is 274 g/mol. The summed E-state index contributed by atoms with van der Waals surface area (Å²) in [5, 5.41) is 8.58. The van der Waals surface area contributed by atoms with Gasteiger partial charge >= 0.3 is 0 Å². The largest absolute Gasteiger partial charge is 0.366 e. The third-order valence-electron chi connectivity index (χ3n) is 2.49. The van der Waals surface area contributed by atoms with E-state index in [1.807, 2.05) is 0 Å². The van der Waals surface area contributed by atoms with Crippen molar-refractivity contribution in [3.05, 3.63) is 35.7 Å². The van der Waals surface area contributed by atoms with Crippen molar-refractivity contribution >= 4 is 23.5 Å². The third-order valence-corrected chi connectivity index (χ3v) is 2.49. The first-order valence-electron chi connectivity index (χ1n) is 5.78. The lowest BCUT2D eigenvalue weighted by molar-refractivity contribution is 0.0827. The molecule has 2 amide bonds. The number of nitrogens with one attached hydrogen (secondary N) is 2. The van der Waals surface area contributed by atoms with Crippen molar-refractivity contribution in [2.45, 2.75) is 0 Å². The van der Waals surface area contributed by atoms with Gasteiger partial charge in [0.1, 0.15) is 0 Å². The van der Waals surface area contributed by atoms with Gasteiger partial charge in [-0.25, -0.2) is 0 Å². The molecule has 1 aromatic heterocycles. The molecule has 1 heterocycles. The fraction of sp³-hybridized carbons (Fsp3) is 0.167. The number of hydrogen-bond donors (Lipinski definition) is 3. The number of aromatic nitrogens is 3. The molecule has 0 atom stereocenters. The van der Waals surface area contributed by atoms with Crippen LogP contribution in [-0.2, 0) is 0 Å². The minimum Gasteiger partial charge on any atom is -0.366 e. The van der Waals surface area contributed by atoms with E-state index >= 15 is 0 Å². The number of anilines is 2. The summed E-state index contributed by atoms with van der Waals surface area (Å²) in [6.45, 7) is 0. The first-order chi connectivity index (χ1) is 9.47. The van der Waals surface area contributed by atoms with Gasteiger partial charge in [-0.05, 0) is 18.2 Å². The van der Waals surface area contributed by atoms with Gasteiger partial charge in [-0.3, -0.25) is 14.7 Å². The van der Waals surface area contributed by atoms with E-state index in [2.05, 4.69) is 20.5 Å². The number of nitrogen functional groups attached to an aromatic ring is 1. The van der Waals surface area contributed by atoms with E-state index in [-0.39, 0.29) is 17.7 Å². The van der Waals surface area contributed by atoms with Crippen molar-refractivity contribution in [2.75, 3.05) is 25.1 Å². The summed E-state index contributed by atoms with van der Waals surface area (Å²) in [4.78, 5) is 28.8. The fourth-order valence-corrected chi connectivity index (χ4v) is 1.55. The molecule has 0 saturated carbocycles. The van der Waals surface area contributed by atoms with Gasteiger partial charge in [0.05, 0.1) is 0 Å². The maximum atomic E-state index is 11.8. The molecule has 0 unspecified atom stereocenters. The molecule has 20 heavy (non-hydrogen) atoms. The van der Waals surface area contributed by atoms with Crippen LogP contribution in [0.1, 0.15) is 21.0 Å². The molecule has 0 fully saturated rings. The van der Waals surface area contributed by atoms with Gasteiger partial charge in [0.15, 0.2) is 0 Å². The number of carbonyl (C=O) groups is 2. The van der Waals surface area contributed by atoms with E-state index in [1.165, 1.54) is 4.90 Å². The Balaban J connectivity index is 2.16. The summed E-state index contributed by atoms with van der Waals surface area (Å²) in [5.74, 6) is -0.632. The summed E-state index contributed by atoms with van der Waals surface area (Å²) in [6.07, 6.45) is 0. The zero-order valence-corrected chi connectivity index (χ0v) is 11.0. The van der Waals surface area contributed by atoms with Gasteiger partial charge in [0.2, 0.25) is 11.8 Å². The average molecular weight is 274 g/mol. The molecule has 2 rings (SSSR count). The Morgan fingerprint density at radius 3 is 2.70 bits per heavy atom. The fourth-order valence-electron chi connectivity index (χ4n) is 1.55. The second kappa shape index (κ2) is 5.39. The van der Waals surface area contributed by atoms with Crippen molar-refractivity contribution < 1.29 is 9.59 Å². The minimum absolute atomic E-state index is 0.00633. The van der Waals surface area contributed by atoms with E-state index in [9.17, 15) is 9.59 Å². The lowest BCUT2D eigenvalue weighted by Crippen LogP contribution is -2.22. The molecule has 0 radical (unpaired) electrons. The molecule has 104 valence electrons. The summed E-state index contributed by atoms with van der Waals surface area (Å²) in [6, 6.07) is 6.61. The minimum atomic E-state index is -0.483. The summed E-state index contributed by atoms with van der Waals surface area (Å²) >= 11 is 0. The topological polar surface area (TPSA) is 117 Å². The Labute approximate surface area is 115 Å². The Hall–Kier alpha value is -2.90. The number of amides is 2. The van der Waals surface area contributed by atoms with Gasteiger partial charge in [-0.1, -0.05) is 6.07 Å². The van der Waals surface area contributed by atoms with Gasteiger partial charge < -0.3 is 16.0 Å². The quantitative estimate of drug-likeness (QED) is 0.746. The van der Waals surface area contributed by atoms with Crippen molar-refractivity contribution in [2.24, 2.45) is 0 Å². The number of carbonyl (C=O) groups excluding carboxylic acids is 2. The molecular weight excluding hydrogens is 260 g/mol. The van der Waals surface area contributed by atoms with Crippen LogP contribution in [0.5, 0.6) is 0 Å². The highest BCUT2D eigenvalue weighted by atomic mass is 16.2. The smallest absolute Gasteiger partial charge is 0.293 e. The Morgan fingerprint density at radius 2 is 2.10 bits per heavy atom. The van der Waals surface area contributed by atoms with Gasteiger partial charge in [-0.15, -0.1) is 5.10 Å². The normalized spacial score (nSPS) is 10.1. The molecule has 4 N–H and O–H groups in total. The molecule has 0 aliphatic carbocycles. The van der Waals surface area contributed by atoms with Gasteiger partial charge in [0, 0.05) is 25.3 Å². The third kappa shape index (κ3) is 2.91.